The van der Waals surface area contributed by atoms with Crippen molar-refractivity contribution >= 4 is 5.97 Å². The zero-order valence-electron chi connectivity index (χ0n) is 12.8. The topological polar surface area (TPSA) is 35.5 Å². The number of hydrogen-bond acceptors (Lipinski definition) is 3. The van der Waals surface area contributed by atoms with E-state index in [-0.39, 0.29) is 11.6 Å². The number of esters is 1. The molecule has 3 heteroatoms. The van der Waals surface area contributed by atoms with E-state index < -0.39 is 6.29 Å². The fourth-order valence-corrected chi connectivity index (χ4v) is 3.02. The Hall–Kier alpha value is -0.830. The molecule has 0 radical (unpaired) electrons. The van der Waals surface area contributed by atoms with Crippen molar-refractivity contribution in [3.63, 3.8) is 0 Å². The predicted molar refractivity (Wildman–Crippen MR) is 76.7 cm³/mol. The first-order valence-electron chi connectivity index (χ1n) is 7.40. The van der Waals surface area contributed by atoms with Crippen LogP contribution in [-0.4, -0.2) is 17.9 Å². The second-order valence-corrected chi connectivity index (χ2v) is 6.07. The van der Waals surface area contributed by atoms with Crippen LogP contribution in [0.25, 0.3) is 0 Å². The first-order valence-corrected chi connectivity index (χ1v) is 7.40. The van der Waals surface area contributed by atoms with Crippen LogP contribution in [0.1, 0.15) is 66.2 Å². The third-order valence-corrected chi connectivity index (χ3v) is 3.81. The molecule has 0 heterocycles. The van der Waals surface area contributed by atoms with E-state index in [4.69, 9.17) is 9.47 Å². The van der Waals surface area contributed by atoms with Crippen LogP contribution in [0.5, 0.6) is 0 Å². The van der Waals surface area contributed by atoms with E-state index in [9.17, 15) is 4.79 Å². The zero-order valence-corrected chi connectivity index (χ0v) is 12.8. The van der Waals surface area contributed by atoms with E-state index >= 15 is 0 Å². The maximum absolute atomic E-state index is 11.5. The summed E-state index contributed by atoms with van der Waals surface area (Å²) in [5.74, 6) is 0.366. The highest BCUT2D eigenvalue weighted by molar-refractivity contribution is 5.86. The van der Waals surface area contributed by atoms with Crippen LogP contribution in [-0.2, 0) is 14.3 Å². The van der Waals surface area contributed by atoms with Gasteiger partial charge < -0.3 is 9.47 Å². The molecule has 1 rings (SSSR count). The van der Waals surface area contributed by atoms with Gasteiger partial charge in [-0.2, -0.15) is 0 Å². The minimum absolute atomic E-state index is 0.160. The number of ether oxygens (including phenoxy) is 2. The average molecular weight is 268 g/mol. The summed E-state index contributed by atoms with van der Waals surface area (Å²) in [6, 6.07) is 0. The van der Waals surface area contributed by atoms with Crippen LogP contribution >= 0.6 is 0 Å². The molecule has 1 saturated carbocycles. The Morgan fingerprint density at radius 2 is 2.21 bits per heavy atom. The standard InChI is InChI=1S/C16H28O3/c1-6-8-14-9-7-10-16(5,11-14)19-13(4)18-15(17)12(2)3/h13-14H,2,6-11H2,1,3-5H3. The summed E-state index contributed by atoms with van der Waals surface area (Å²) in [5, 5.41) is 0. The van der Waals surface area contributed by atoms with Crippen LogP contribution < -0.4 is 0 Å². The van der Waals surface area contributed by atoms with Gasteiger partial charge in [0.25, 0.3) is 0 Å². The Balaban J connectivity index is 2.49. The maximum atomic E-state index is 11.5. The molecular formula is C16H28O3. The third kappa shape index (κ3) is 5.35. The zero-order chi connectivity index (χ0) is 14.5. The van der Waals surface area contributed by atoms with E-state index in [1.165, 1.54) is 25.7 Å². The Morgan fingerprint density at radius 1 is 1.53 bits per heavy atom. The van der Waals surface area contributed by atoms with Crippen LogP contribution in [0, 0.1) is 5.92 Å². The highest BCUT2D eigenvalue weighted by Crippen LogP contribution is 2.37. The molecular weight excluding hydrogens is 240 g/mol. The summed E-state index contributed by atoms with van der Waals surface area (Å²) in [4.78, 5) is 11.5. The fraction of sp³-hybridized carbons (Fsp3) is 0.812. The van der Waals surface area contributed by atoms with Crippen LogP contribution in [0.3, 0.4) is 0 Å². The molecule has 0 bridgehead atoms. The SMILES string of the molecule is C=C(C)C(=O)OC(C)OC1(C)CCCC(CCC)C1. The minimum Gasteiger partial charge on any atom is -0.433 e. The van der Waals surface area contributed by atoms with E-state index in [0.717, 1.165) is 18.8 Å². The number of carbonyl (C=O) groups is 1. The molecule has 3 nitrogen and oxygen atoms in total. The summed E-state index contributed by atoms with van der Waals surface area (Å²) in [5.41, 5.74) is 0.250. The van der Waals surface area contributed by atoms with Gasteiger partial charge in [-0.1, -0.05) is 39.2 Å². The lowest BCUT2D eigenvalue weighted by molar-refractivity contribution is -0.209. The third-order valence-electron chi connectivity index (χ3n) is 3.81. The quantitative estimate of drug-likeness (QED) is 0.411. The number of carbonyl (C=O) groups excluding carboxylic acids is 1. The van der Waals surface area contributed by atoms with Crippen LogP contribution in [0.2, 0.25) is 0 Å². The Morgan fingerprint density at radius 3 is 2.79 bits per heavy atom. The molecule has 0 aromatic carbocycles. The highest BCUT2D eigenvalue weighted by atomic mass is 16.7. The molecule has 19 heavy (non-hydrogen) atoms. The molecule has 3 unspecified atom stereocenters. The molecule has 1 fully saturated rings. The summed E-state index contributed by atoms with van der Waals surface area (Å²) in [7, 11) is 0. The lowest BCUT2D eigenvalue weighted by Crippen LogP contribution is -2.39. The van der Waals surface area contributed by atoms with E-state index in [1.807, 2.05) is 0 Å². The highest BCUT2D eigenvalue weighted by Gasteiger charge is 2.34. The summed E-state index contributed by atoms with van der Waals surface area (Å²) in [6.07, 6.45) is 6.59. The monoisotopic (exact) mass is 268 g/mol. The Kier molecular flexibility index (Phi) is 6.05. The Bertz CT molecular complexity index is 322. The molecule has 1 aliphatic rings. The molecule has 0 amide bonds. The predicted octanol–water partition coefficient (Wildman–Crippen LogP) is 4.22. The molecule has 0 N–H and O–H groups in total. The Labute approximate surface area is 117 Å². The van der Waals surface area contributed by atoms with Gasteiger partial charge in [-0.15, -0.1) is 0 Å². The largest absolute Gasteiger partial charge is 0.433 e. The fourth-order valence-electron chi connectivity index (χ4n) is 3.02. The van der Waals surface area contributed by atoms with E-state index in [0.29, 0.717) is 5.57 Å². The van der Waals surface area contributed by atoms with Crippen molar-refractivity contribution in [2.75, 3.05) is 0 Å². The van der Waals surface area contributed by atoms with Gasteiger partial charge in [0.1, 0.15) is 0 Å². The van der Waals surface area contributed by atoms with Crippen molar-refractivity contribution in [2.24, 2.45) is 5.92 Å². The minimum atomic E-state index is -0.505. The second-order valence-electron chi connectivity index (χ2n) is 6.07. The average Bonchev–Trinajstić information content (AvgIpc) is 2.28. The molecule has 0 aliphatic heterocycles. The second kappa shape index (κ2) is 7.09. The van der Waals surface area contributed by atoms with E-state index in [1.54, 1.807) is 13.8 Å². The normalized spacial score (nSPS) is 28.7. The molecule has 110 valence electrons. The molecule has 0 aromatic heterocycles. The first kappa shape index (κ1) is 16.2. The van der Waals surface area contributed by atoms with Gasteiger partial charge in [0.15, 0.2) is 0 Å². The summed E-state index contributed by atoms with van der Waals surface area (Å²) < 4.78 is 11.2. The van der Waals surface area contributed by atoms with Gasteiger partial charge in [-0.25, -0.2) is 4.79 Å². The maximum Gasteiger partial charge on any atom is 0.335 e. The van der Waals surface area contributed by atoms with Crippen molar-refractivity contribution in [1.82, 2.24) is 0 Å². The van der Waals surface area contributed by atoms with Gasteiger partial charge >= 0.3 is 5.97 Å². The van der Waals surface area contributed by atoms with Gasteiger partial charge in [0.2, 0.25) is 6.29 Å². The molecule has 0 saturated heterocycles. The number of rotatable bonds is 6. The molecule has 0 aromatic rings. The summed E-state index contributed by atoms with van der Waals surface area (Å²) in [6.45, 7) is 11.4. The van der Waals surface area contributed by atoms with Crippen LogP contribution in [0.4, 0.5) is 0 Å². The van der Waals surface area contributed by atoms with Crippen molar-refractivity contribution in [3.05, 3.63) is 12.2 Å². The van der Waals surface area contributed by atoms with Gasteiger partial charge in [0.05, 0.1) is 5.60 Å². The lowest BCUT2D eigenvalue weighted by Gasteiger charge is -2.39. The van der Waals surface area contributed by atoms with Crippen molar-refractivity contribution < 1.29 is 14.3 Å². The molecule has 3 atom stereocenters. The summed E-state index contributed by atoms with van der Waals surface area (Å²) >= 11 is 0. The first-order chi connectivity index (χ1) is 8.86. The number of hydrogen-bond donors (Lipinski definition) is 0. The van der Waals surface area contributed by atoms with Crippen molar-refractivity contribution in [3.8, 4) is 0 Å². The smallest absolute Gasteiger partial charge is 0.335 e. The van der Waals surface area contributed by atoms with E-state index in [2.05, 4.69) is 20.4 Å². The van der Waals surface area contributed by atoms with Crippen molar-refractivity contribution in [2.45, 2.75) is 78.1 Å². The van der Waals surface area contributed by atoms with Gasteiger partial charge in [-0.05, 0) is 39.5 Å². The van der Waals surface area contributed by atoms with Gasteiger partial charge in [0, 0.05) is 5.57 Å². The van der Waals surface area contributed by atoms with Crippen LogP contribution in [0.15, 0.2) is 12.2 Å². The van der Waals surface area contributed by atoms with Gasteiger partial charge in [-0.3, -0.25) is 0 Å². The molecule has 0 spiro atoms. The lowest BCUT2D eigenvalue weighted by atomic mass is 9.77. The van der Waals surface area contributed by atoms with Crippen molar-refractivity contribution in [1.29, 1.82) is 0 Å². The molecule has 1 aliphatic carbocycles.